The van der Waals surface area contributed by atoms with Gasteiger partial charge in [0.2, 0.25) is 0 Å². The van der Waals surface area contributed by atoms with Crippen molar-refractivity contribution < 1.29 is 23.5 Å². The summed E-state index contributed by atoms with van der Waals surface area (Å²) >= 11 is 0. The van der Waals surface area contributed by atoms with Gasteiger partial charge in [-0.2, -0.15) is 0 Å². The fraction of sp³-hybridized carbons (Fsp3) is 0.333. The number of hydrogen-bond donors (Lipinski definition) is 0. The van der Waals surface area contributed by atoms with Crippen LogP contribution < -0.4 is 4.74 Å². The molecule has 2 aromatic rings. The van der Waals surface area contributed by atoms with E-state index < -0.39 is 0 Å². The van der Waals surface area contributed by atoms with Crippen LogP contribution in [0.4, 0.5) is 4.39 Å². The summed E-state index contributed by atoms with van der Waals surface area (Å²) in [5.41, 5.74) is 2.39. The molecule has 0 saturated carbocycles. The van der Waals surface area contributed by atoms with E-state index in [-0.39, 0.29) is 24.2 Å². The van der Waals surface area contributed by atoms with Gasteiger partial charge in [0.15, 0.2) is 0 Å². The maximum Gasteiger partial charge on any atom is 0.277 e. The van der Waals surface area contributed by atoms with Crippen molar-refractivity contribution in [2.45, 2.75) is 13.3 Å². The van der Waals surface area contributed by atoms with Gasteiger partial charge < -0.3 is 14.4 Å². The van der Waals surface area contributed by atoms with E-state index in [0.29, 0.717) is 61.9 Å². The first-order valence-electron chi connectivity index (χ1n) is 10.5. The third-order valence-corrected chi connectivity index (χ3v) is 5.46. The number of ether oxygens (including phenoxy) is 2. The van der Waals surface area contributed by atoms with Crippen LogP contribution in [0.2, 0.25) is 0 Å². The molecule has 2 aromatic carbocycles. The number of hydrogen-bond acceptors (Lipinski definition) is 5. The van der Waals surface area contributed by atoms with Crippen LogP contribution in [0.1, 0.15) is 18.1 Å². The van der Waals surface area contributed by atoms with Gasteiger partial charge in [-0.25, -0.2) is 4.39 Å². The molecule has 162 valence electrons. The molecule has 2 aliphatic rings. The zero-order valence-corrected chi connectivity index (χ0v) is 17.5. The van der Waals surface area contributed by atoms with Crippen LogP contribution in [-0.4, -0.2) is 61.1 Å². The lowest BCUT2D eigenvalue weighted by atomic mass is 10.0. The van der Waals surface area contributed by atoms with Crippen LogP contribution in [-0.2, 0) is 20.7 Å². The van der Waals surface area contributed by atoms with Crippen LogP contribution in [0.3, 0.4) is 0 Å². The summed E-state index contributed by atoms with van der Waals surface area (Å²) in [6, 6.07) is 13.3. The van der Waals surface area contributed by atoms with E-state index in [0.717, 1.165) is 5.56 Å². The van der Waals surface area contributed by atoms with E-state index in [9.17, 15) is 14.0 Å². The highest BCUT2D eigenvalue weighted by molar-refractivity contribution is 6.35. The molecule has 2 amide bonds. The maximum atomic E-state index is 13.4. The molecule has 6 nitrogen and oxygen atoms in total. The van der Waals surface area contributed by atoms with Crippen LogP contribution in [0, 0.1) is 5.82 Å². The summed E-state index contributed by atoms with van der Waals surface area (Å²) in [6.07, 6.45) is 0.463. The van der Waals surface area contributed by atoms with Gasteiger partial charge >= 0.3 is 0 Å². The van der Waals surface area contributed by atoms with Gasteiger partial charge in [-0.15, -0.1) is 0 Å². The molecule has 0 radical (unpaired) electrons. The number of morpholine rings is 1. The van der Waals surface area contributed by atoms with E-state index in [1.807, 2.05) is 36.1 Å². The second-order valence-electron chi connectivity index (χ2n) is 7.42. The molecule has 7 heteroatoms. The smallest absolute Gasteiger partial charge is 0.277 e. The van der Waals surface area contributed by atoms with Gasteiger partial charge in [0.1, 0.15) is 17.3 Å². The zero-order valence-electron chi connectivity index (χ0n) is 17.5. The first-order valence-corrected chi connectivity index (χ1v) is 10.5. The molecule has 1 saturated heterocycles. The fourth-order valence-electron chi connectivity index (χ4n) is 3.88. The summed E-state index contributed by atoms with van der Waals surface area (Å²) in [4.78, 5) is 29.9. The summed E-state index contributed by atoms with van der Waals surface area (Å²) in [7, 11) is 0. The van der Waals surface area contributed by atoms with Gasteiger partial charge in [0.05, 0.1) is 25.4 Å². The van der Waals surface area contributed by atoms with Crippen molar-refractivity contribution in [3.8, 4) is 5.75 Å². The molecule has 4 rings (SSSR count). The Morgan fingerprint density at radius 3 is 2.29 bits per heavy atom. The van der Waals surface area contributed by atoms with Crippen LogP contribution in [0.5, 0.6) is 5.75 Å². The van der Waals surface area contributed by atoms with Crippen molar-refractivity contribution in [2.24, 2.45) is 0 Å². The first kappa shape index (κ1) is 21.1. The van der Waals surface area contributed by atoms with Crippen LogP contribution in [0.15, 0.2) is 54.2 Å². The second kappa shape index (κ2) is 9.31. The lowest BCUT2D eigenvalue weighted by Crippen LogP contribution is -2.40. The van der Waals surface area contributed by atoms with Crippen molar-refractivity contribution >= 4 is 17.4 Å². The van der Waals surface area contributed by atoms with Crippen molar-refractivity contribution in [3.05, 3.63) is 71.2 Å². The van der Waals surface area contributed by atoms with Crippen LogP contribution >= 0.6 is 0 Å². The zero-order chi connectivity index (χ0) is 21.8. The Balaban J connectivity index is 1.62. The summed E-state index contributed by atoms with van der Waals surface area (Å²) in [5, 5.41) is 0. The second-order valence-corrected chi connectivity index (χ2v) is 7.42. The minimum Gasteiger partial charge on any atom is -0.494 e. The molecule has 0 aliphatic carbocycles. The highest BCUT2D eigenvalue weighted by Crippen LogP contribution is 2.33. The third-order valence-electron chi connectivity index (χ3n) is 5.46. The van der Waals surface area contributed by atoms with E-state index in [4.69, 9.17) is 9.47 Å². The Kier molecular flexibility index (Phi) is 6.32. The van der Waals surface area contributed by atoms with Crippen molar-refractivity contribution in [1.29, 1.82) is 0 Å². The monoisotopic (exact) mass is 424 g/mol. The summed E-state index contributed by atoms with van der Waals surface area (Å²) in [6.45, 7) is 4.83. The van der Waals surface area contributed by atoms with Gasteiger partial charge in [0, 0.05) is 19.6 Å². The molecule has 2 heterocycles. The Bertz CT molecular complexity index is 980. The molecular weight excluding hydrogens is 399 g/mol. The van der Waals surface area contributed by atoms with Crippen molar-refractivity contribution in [1.82, 2.24) is 9.80 Å². The van der Waals surface area contributed by atoms with Crippen molar-refractivity contribution in [3.63, 3.8) is 0 Å². The van der Waals surface area contributed by atoms with E-state index in [1.165, 1.54) is 17.0 Å². The molecule has 31 heavy (non-hydrogen) atoms. The van der Waals surface area contributed by atoms with Gasteiger partial charge in [0.25, 0.3) is 11.8 Å². The lowest BCUT2D eigenvalue weighted by molar-refractivity contribution is -0.137. The lowest BCUT2D eigenvalue weighted by Gasteiger charge is -2.29. The standard InChI is InChI=1S/C24H25FN2O4/c1-2-31-20-9-5-18(6-10-20)21-22(26-13-15-30-16-14-26)24(29)27(23(21)28)12-11-17-3-7-19(25)8-4-17/h3-10H,2,11-16H2,1H3. The minimum atomic E-state index is -0.314. The SMILES string of the molecule is CCOc1ccc(C2=C(N3CCOCC3)C(=O)N(CCc3ccc(F)cc3)C2=O)cc1. The third kappa shape index (κ3) is 4.46. The molecule has 0 unspecified atom stereocenters. The number of halogens is 1. The predicted octanol–water partition coefficient (Wildman–Crippen LogP) is 2.88. The van der Waals surface area contributed by atoms with Gasteiger partial charge in [-0.05, 0) is 48.7 Å². The molecule has 1 fully saturated rings. The predicted molar refractivity (Wildman–Crippen MR) is 114 cm³/mol. The van der Waals surface area contributed by atoms with Crippen LogP contribution in [0.25, 0.3) is 5.57 Å². The molecular formula is C24H25FN2O4. The first-order chi connectivity index (χ1) is 15.1. The van der Waals surface area contributed by atoms with Gasteiger partial charge in [-0.1, -0.05) is 24.3 Å². The number of nitrogens with zero attached hydrogens (tertiary/aromatic N) is 2. The summed E-state index contributed by atoms with van der Waals surface area (Å²) < 4.78 is 24.1. The number of benzene rings is 2. The molecule has 0 spiro atoms. The van der Waals surface area contributed by atoms with E-state index >= 15 is 0 Å². The topological polar surface area (TPSA) is 59.1 Å². The Morgan fingerprint density at radius 1 is 0.968 bits per heavy atom. The Labute approximate surface area is 180 Å². The molecule has 2 aliphatic heterocycles. The number of amides is 2. The fourth-order valence-corrected chi connectivity index (χ4v) is 3.88. The van der Waals surface area contributed by atoms with E-state index in [1.54, 1.807) is 12.1 Å². The Morgan fingerprint density at radius 2 is 1.65 bits per heavy atom. The molecule has 0 N–H and O–H groups in total. The number of carbonyl (C=O) groups is 2. The minimum absolute atomic E-state index is 0.234. The molecule has 0 atom stereocenters. The highest BCUT2D eigenvalue weighted by Gasteiger charge is 2.41. The maximum absolute atomic E-state index is 13.4. The average Bonchev–Trinajstić information content (AvgIpc) is 3.04. The van der Waals surface area contributed by atoms with E-state index in [2.05, 4.69) is 0 Å². The Hall–Kier alpha value is -3.19. The van der Waals surface area contributed by atoms with Crippen molar-refractivity contribution in [2.75, 3.05) is 39.5 Å². The normalized spacial score (nSPS) is 17.0. The molecule has 0 bridgehead atoms. The number of carbonyl (C=O) groups excluding carboxylic acids is 2. The summed E-state index contributed by atoms with van der Waals surface area (Å²) in [5.74, 6) is -0.202. The average molecular weight is 424 g/mol. The number of rotatable bonds is 7. The highest BCUT2D eigenvalue weighted by atomic mass is 19.1. The quantitative estimate of drug-likeness (QED) is 0.640. The number of imide groups is 1. The molecule has 0 aromatic heterocycles. The largest absolute Gasteiger partial charge is 0.494 e. The van der Waals surface area contributed by atoms with Gasteiger partial charge in [-0.3, -0.25) is 14.5 Å².